The molecule has 5 rings (SSSR count). The number of anilines is 1. The summed E-state index contributed by atoms with van der Waals surface area (Å²) >= 11 is 1.52. The topological polar surface area (TPSA) is 89.0 Å². The van der Waals surface area contributed by atoms with Crippen LogP contribution in [0.25, 0.3) is 10.1 Å². The molecule has 0 N–H and O–H groups in total. The zero-order valence-electron chi connectivity index (χ0n) is 22.6. The quantitative estimate of drug-likeness (QED) is 0.151. The van der Waals surface area contributed by atoms with E-state index in [1.165, 1.54) is 26.5 Å². The highest BCUT2D eigenvalue weighted by Crippen LogP contribution is 2.38. The number of carbonyl (C=O) groups is 3. The van der Waals surface area contributed by atoms with Gasteiger partial charge < -0.3 is 21.8 Å². The number of rotatable bonds is 9. The van der Waals surface area contributed by atoms with Crippen molar-refractivity contribution in [3.8, 4) is 0 Å². The highest BCUT2D eigenvalue weighted by molar-refractivity contribution is 7.13. The van der Waals surface area contributed by atoms with Gasteiger partial charge in [0.25, 0.3) is 0 Å². The Morgan fingerprint density at radius 1 is 1.05 bits per heavy atom. The third-order valence-electron chi connectivity index (χ3n) is 8.26. The number of aromatic nitrogens is 1. The molecule has 3 heterocycles. The fourth-order valence-electron chi connectivity index (χ4n) is 6.14. The molecule has 2 unspecified atom stereocenters. The van der Waals surface area contributed by atoms with Gasteiger partial charge >= 0.3 is 6.16 Å². The normalized spacial score (nSPS) is 22.8. The van der Waals surface area contributed by atoms with E-state index in [-0.39, 0.29) is 44.4 Å². The summed E-state index contributed by atoms with van der Waals surface area (Å²) < 4.78 is 17.0. The third kappa shape index (κ3) is 5.81. The zero-order valence-corrected chi connectivity index (χ0v) is 23.4. The highest BCUT2D eigenvalue weighted by Gasteiger charge is 2.47. The van der Waals surface area contributed by atoms with Crippen LogP contribution >= 0.6 is 11.5 Å². The van der Waals surface area contributed by atoms with Crippen molar-refractivity contribution < 1.29 is 28.3 Å². The maximum Gasteiger partial charge on any atom is 0.512 e. The van der Waals surface area contributed by atoms with Crippen LogP contribution in [0.1, 0.15) is 45.4 Å². The lowest BCUT2D eigenvalue weighted by Crippen LogP contribution is -2.61. The van der Waals surface area contributed by atoms with Gasteiger partial charge in [0, 0.05) is 11.9 Å². The van der Waals surface area contributed by atoms with Crippen LogP contribution in [-0.2, 0) is 19.1 Å². The second-order valence-corrected chi connectivity index (χ2v) is 11.3. The van der Waals surface area contributed by atoms with Gasteiger partial charge in [-0.3, -0.25) is 19.0 Å². The van der Waals surface area contributed by atoms with Crippen LogP contribution in [0, 0.1) is 19.3 Å². The van der Waals surface area contributed by atoms with Gasteiger partial charge in [-0.05, 0) is 56.3 Å². The molecule has 1 aromatic heterocycles. The second-order valence-electron chi connectivity index (χ2n) is 10.5. The van der Waals surface area contributed by atoms with Crippen LogP contribution in [0.15, 0.2) is 24.3 Å². The molecule has 2 amide bonds. The molecule has 1 aliphatic carbocycles. The van der Waals surface area contributed by atoms with E-state index in [1.807, 2.05) is 12.1 Å². The molecule has 3 aliphatic rings. The van der Waals surface area contributed by atoms with Gasteiger partial charge in [-0.1, -0.05) is 25.0 Å². The van der Waals surface area contributed by atoms with Gasteiger partial charge in [0.15, 0.2) is 5.82 Å². The number of imide groups is 1. The molecule has 3 fully saturated rings. The summed E-state index contributed by atoms with van der Waals surface area (Å²) in [6.07, 6.45) is 4.76. The molecule has 0 radical (unpaired) electrons. The molecule has 9 nitrogen and oxygen atoms in total. The molecule has 1 saturated carbocycles. The summed E-state index contributed by atoms with van der Waals surface area (Å²) in [5.41, 5.74) is 0. The van der Waals surface area contributed by atoms with Crippen molar-refractivity contribution in [3.05, 3.63) is 31.7 Å². The molecule has 0 spiro atoms. The Morgan fingerprint density at radius 3 is 2.42 bits per heavy atom. The maximum absolute atomic E-state index is 12.8. The van der Waals surface area contributed by atoms with E-state index in [1.54, 1.807) is 6.92 Å². The number of carbonyl (C=O) groups excluding carboxylic acids is 3. The first-order valence-electron chi connectivity index (χ1n) is 13.6. The highest BCUT2D eigenvalue weighted by atomic mass is 32.1. The average molecular weight is 545 g/mol. The lowest BCUT2D eigenvalue weighted by Gasteiger charge is -2.44. The van der Waals surface area contributed by atoms with Gasteiger partial charge in [0.05, 0.1) is 55.9 Å². The van der Waals surface area contributed by atoms with Gasteiger partial charge in [-0.15, -0.1) is 0 Å². The van der Waals surface area contributed by atoms with E-state index in [0.29, 0.717) is 11.0 Å². The number of benzene rings is 1. The van der Waals surface area contributed by atoms with Crippen LogP contribution in [0.3, 0.4) is 0 Å². The first kappa shape index (κ1) is 28.3. The molecular formula is C28H40N4O5S. The van der Waals surface area contributed by atoms with E-state index < -0.39 is 6.16 Å². The minimum absolute atomic E-state index is 0. The zero-order chi connectivity index (χ0) is 25.8. The third-order valence-corrected chi connectivity index (χ3v) is 9.08. The molecular weight excluding hydrogens is 504 g/mol. The number of unbranched alkanes of at least 4 members (excludes halogenated alkanes) is 1. The Hall–Kier alpha value is -2.72. The van der Waals surface area contributed by atoms with E-state index >= 15 is 0 Å². The van der Waals surface area contributed by atoms with Crippen molar-refractivity contribution >= 4 is 45.4 Å². The maximum atomic E-state index is 12.8. The van der Waals surface area contributed by atoms with Crippen molar-refractivity contribution in [2.75, 3.05) is 57.5 Å². The van der Waals surface area contributed by atoms with Gasteiger partial charge in [0.2, 0.25) is 18.5 Å². The Morgan fingerprint density at radius 2 is 1.74 bits per heavy atom. The molecule has 2 aliphatic heterocycles. The van der Waals surface area contributed by atoms with Crippen molar-refractivity contribution in [1.29, 1.82) is 0 Å². The molecule has 208 valence electrons. The summed E-state index contributed by atoms with van der Waals surface area (Å²) in [5.74, 6) is 0.916. The van der Waals surface area contributed by atoms with Crippen molar-refractivity contribution in [3.63, 3.8) is 0 Å². The number of likely N-dealkylation sites (tertiary alicyclic amines) is 1. The summed E-state index contributed by atoms with van der Waals surface area (Å²) in [6.45, 7) is 6.86. The molecule has 0 bridgehead atoms. The van der Waals surface area contributed by atoms with Gasteiger partial charge in [-0.2, -0.15) is 4.37 Å². The van der Waals surface area contributed by atoms with E-state index in [2.05, 4.69) is 17.0 Å². The van der Waals surface area contributed by atoms with Gasteiger partial charge in [-0.25, -0.2) is 4.79 Å². The van der Waals surface area contributed by atoms with E-state index in [4.69, 9.17) is 13.8 Å². The minimum Gasteiger partial charge on any atom is -0.434 e. The minimum atomic E-state index is -0.635. The predicted octanol–water partition coefficient (Wildman–Crippen LogP) is 4.47. The number of ether oxygens (including phenoxy) is 2. The van der Waals surface area contributed by atoms with Crippen LogP contribution in [-0.4, -0.2) is 84.3 Å². The Labute approximate surface area is 229 Å². The first-order valence-corrected chi connectivity index (χ1v) is 14.4. The Kier molecular flexibility index (Phi) is 9.25. The summed E-state index contributed by atoms with van der Waals surface area (Å²) in [7, 11) is 0. The van der Waals surface area contributed by atoms with Crippen molar-refractivity contribution in [2.24, 2.45) is 11.8 Å². The summed E-state index contributed by atoms with van der Waals surface area (Å²) in [4.78, 5) is 41.4. The fraction of sp³-hybridized carbons (Fsp3) is 0.607. The molecule has 10 heteroatoms. The lowest BCUT2D eigenvalue weighted by molar-refractivity contribution is -0.944. The first-order chi connectivity index (χ1) is 18.0. The number of hydrogen-bond acceptors (Lipinski definition) is 8. The molecule has 1 aromatic carbocycles. The molecule has 2 saturated heterocycles. The largest absolute Gasteiger partial charge is 0.512 e. The Balaban J connectivity index is 0.00000336. The number of quaternary nitrogens is 1. The monoisotopic (exact) mass is 544 g/mol. The molecule has 2 atom stereocenters. The lowest BCUT2D eigenvalue weighted by atomic mass is 9.81. The standard InChI is InChI=1S/C27H37N4O5S.CH3/c1-2-35-27(34)36-19-31(16-8-7-13-30-25(32)20-9-3-4-10-21(20)26(30)33)17-14-29(15-18-31)24-22-11-5-6-12-23(22)37-28-24;/h5-6,11-12,20-21H,2-4,7-10,13-19H2,1H3;1H3/q+1;-1. The van der Waals surface area contributed by atoms with E-state index in [9.17, 15) is 14.4 Å². The average Bonchev–Trinajstić information content (AvgIpc) is 3.46. The van der Waals surface area contributed by atoms with Crippen LogP contribution < -0.4 is 4.90 Å². The van der Waals surface area contributed by atoms with Crippen LogP contribution in [0.4, 0.5) is 10.6 Å². The van der Waals surface area contributed by atoms with Crippen LogP contribution in [0.2, 0.25) is 0 Å². The SMILES string of the molecule is CCOC(=O)OC[N+]1(CCCCN2C(=O)C3CCCCC3C2=O)CCN(c2nsc3ccccc23)CC1.[CH3-]. The molecule has 2 aromatic rings. The summed E-state index contributed by atoms with van der Waals surface area (Å²) in [6, 6.07) is 8.29. The van der Waals surface area contributed by atoms with Crippen molar-refractivity contribution in [2.45, 2.75) is 45.4 Å². The number of hydrogen-bond donors (Lipinski definition) is 0. The molecule has 38 heavy (non-hydrogen) atoms. The Bertz CT molecular complexity index is 1110. The fourth-order valence-corrected chi connectivity index (χ4v) is 6.93. The van der Waals surface area contributed by atoms with Crippen molar-refractivity contribution in [1.82, 2.24) is 9.27 Å². The number of piperazine rings is 1. The van der Waals surface area contributed by atoms with Gasteiger partial charge in [0.1, 0.15) is 0 Å². The summed E-state index contributed by atoms with van der Waals surface area (Å²) in [5, 5.41) is 1.18. The predicted molar refractivity (Wildman–Crippen MR) is 147 cm³/mol. The van der Waals surface area contributed by atoms with E-state index in [0.717, 1.165) is 77.1 Å². The number of fused-ring (bicyclic) bond motifs is 2. The number of amides is 2. The number of nitrogens with zero attached hydrogens (tertiary/aromatic N) is 4. The van der Waals surface area contributed by atoms with Crippen LogP contribution in [0.5, 0.6) is 0 Å². The smallest absolute Gasteiger partial charge is 0.434 e. The second kappa shape index (κ2) is 12.4.